The van der Waals surface area contributed by atoms with Crippen molar-refractivity contribution < 1.29 is 8.83 Å². The van der Waals surface area contributed by atoms with Gasteiger partial charge in [-0.25, -0.2) is 15.0 Å². The molecule has 9 aromatic rings. The van der Waals surface area contributed by atoms with E-state index in [2.05, 4.69) is 42.5 Å². The monoisotopic (exact) mass is 565 g/mol. The largest absolute Gasteiger partial charge is 0.456 e. The second-order valence-electron chi connectivity index (χ2n) is 10.8. The molecular weight excluding hydrogens is 542 g/mol. The van der Waals surface area contributed by atoms with Crippen LogP contribution < -0.4 is 0 Å². The SMILES string of the molecule is c1ccc(-c2nc(-c3ccccc3)nc(-c3ccc4c(c3)oc3cccc(-c5cccc6oc7ccccc7c56)c34)n2)cc1. The van der Waals surface area contributed by atoms with Crippen molar-refractivity contribution in [2.75, 3.05) is 0 Å². The molecule has 0 bridgehead atoms. The fourth-order valence-electron chi connectivity index (χ4n) is 6.13. The molecule has 0 aliphatic heterocycles. The molecule has 5 nitrogen and oxygen atoms in total. The number of aromatic nitrogens is 3. The van der Waals surface area contributed by atoms with Gasteiger partial charge in [0.25, 0.3) is 0 Å². The zero-order chi connectivity index (χ0) is 29.0. The molecule has 3 aromatic heterocycles. The van der Waals surface area contributed by atoms with Crippen LogP contribution in [0.5, 0.6) is 0 Å². The van der Waals surface area contributed by atoms with E-state index in [0.717, 1.165) is 71.7 Å². The molecule has 0 aliphatic rings. The molecule has 0 unspecified atom stereocenters. The third kappa shape index (κ3) is 3.91. The maximum atomic E-state index is 6.49. The number of nitrogens with zero attached hydrogens (tertiary/aromatic N) is 3. The van der Waals surface area contributed by atoms with Crippen molar-refractivity contribution in [3.8, 4) is 45.3 Å². The van der Waals surface area contributed by atoms with E-state index in [4.69, 9.17) is 23.8 Å². The summed E-state index contributed by atoms with van der Waals surface area (Å²) in [5.74, 6) is 1.85. The lowest BCUT2D eigenvalue weighted by atomic mass is 9.95. The lowest BCUT2D eigenvalue weighted by Crippen LogP contribution is -2.00. The highest BCUT2D eigenvalue weighted by atomic mass is 16.3. The van der Waals surface area contributed by atoms with Gasteiger partial charge in [0.2, 0.25) is 0 Å². The number of para-hydroxylation sites is 1. The first-order valence-corrected chi connectivity index (χ1v) is 14.5. The number of hydrogen-bond donors (Lipinski definition) is 0. The van der Waals surface area contributed by atoms with Crippen LogP contribution in [-0.2, 0) is 0 Å². The standard InChI is InChI=1S/C39H23N3O2/c1-3-11-24(12-4-1)37-40-38(25-13-5-2-6-14-25)42-39(41-37)26-21-22-30-34(23-26)44-33-20-10-17-28(36(30)33)27-16-9-19-32-35(27)29-15-7-8-18-31(29)43-32/h1-23H. The summed E-state index contributed by atoms with van der Waals surface area (Å²) >= 11 is 0. The van der Waals surface area contributed by atoms with Crippen LogP contribution in [0.2, 0.25) is 0 Å². The van der Waals surface area contributed by atoms with Gasteiger partial charge in [-0.05, 0) is 41.5 Å². The number of benzene rings is 6. The summed E-state index contributed by atoms with van der Waals surface area (Å²) in [4.78, 5) is 14.6. The van der Waals surface area contributed by atoms with Gasteiger partial charge in [0, 0.05) is 38.2 Å². The highest BCUT2D eigenvalue weighted by Gasteiger charge is 2.19. The second kappa shape index (κ2) is 9.75. The molecule has 0 spiro atoms. The summed E-state index contributed by atoms with van der Waals surface area (Å²) in [6.45, 7) is 0. The zero-order valence-corrected chi connectivity index (χ0v) is 23.4. The van der Waals surface area contributed by atoms with E-state index in [1.807, 2.05) is 97.1 Å². The molecule has 206 valence electrons. The average molecular weight is 566 g/mol. The average Bonchev–Trinajstić information content (AvgIpc) is 3.67. The minimum absolute atomic E-state index is 0.593. The van der Waals surface area contributed by atoms with Gasteiger partial charge >= 0.3 is 0 Å². The van der Waals surface area contributed by atoms with Crippen molar-refractivity contribution in [3.63, 3.8) is 0 Å². The summed E-state index contributed by atoms with van der Waals surface area (Å²) < 4.78 is 12.7. The predicted molar refractivity (Wildman–Crippen MR) is 176 cm³/mol. The van der Waals surface area contributed by atoms with E-state index < -0.39 is 0 Å². The Bertz CT molecular complexity index is 2440. The molecule has 0 saturated carbocycles. The van der Waals surface area contributed by atoms with Crippen LogP contribution in [0.15, 0.2) is 148 Å². The number of rotatable bonds is 4. The summed E-state index contributed by atoms with van der Waals surface area (Å²) in [7, 11) is 0. The molecule has 0 amide bonds. The highest BCUT2D eigenvalue weighted by molar-refractivity contribution is 6.19. The van der Waals surface area contributed by atoms with Gasteiger partial charge < -0.3 is 8.83 Å². The minimum Gasteiger partial charge on any atom is -0.456 e. The molecule has 6 aromatic carbocycles. The first kappa shape index (κ1) is 24.5. The van der Waals surface area contributed by atoms with E-state index in [-0.39, 0.29) is 0 Å². The Morgan fingerprint density at radius 2 is 0.818 bits per heavy atom. The summed E-state index contributed by atoms with van der Waals surface area (Å²) in [6, 6.07) is 46.9. The van der Waals surface area contributed by atoms with Gasteiger partial charge in [-0.1, -0.05) is 109 Å². The van der Waals surface area contributed by atoms with Crippen LogP contribution >= 0.6 is 0 Å². The zero-order valence-electron chi connectivity index (χ0n) is 23.4. The van der Waals surface area contributed by atoms with Gasteiger partial charge in [-0.15, -0.1) is 0 Å². The Labute approximate surface area is 252 Å². The normalized spacial score (nSPS) is 11.6. The van der Waals surface area contributed by atoms with Crippen LogP contribution in [-0.4, -0.2) is 15.0 Å². The second-order valence-corrected chi connectivity index (χ2v) is 10.8. The number of fused-ring (bicyclic) bond motifs is 6. The quantitative estimate of drug-likeness (QED) is 0.212. The molecule has 0 N–H and O–H groups in total. The fourth-order valence-corrected chi connectivity index (χ4v) is 6.13. The van der Waals surface area contributed by atoms with Gasteiger partial charge in [0.05, 0.1) is 0 Å². The van der Waals surface area contributed by atoms with Gasteiger partial charge in [0.1, 0.15) is 22.3 Å². The maximum absolute atomic E-state index is 6.49. The first-order chi connectivity index (χ1) is 21.8. The molecule has 5 heteroatoms. The predicted octanol–water partition coefficient (Wildman–Crippen LogP) is 10.3. The third-order valence-corrected chi connectivity index (χ3v) is 8.15. The number of hydrogen-bond acceptors (Lipinski definition) is 5. The number of furan rings is 2. The maximum Gasteiger partial charge on any atom is 0.164 e. The smallest absolute Gasteiger partial charge is 0.164 e. The third-order valence-electron chi connectivity index (χ3n) is 8.15. The van der Waals surface area contributed by atoms with Gasteiger partial charge in [-0.3, -0.25) is 0 Å². The molecule has 3 heterocycles. The topological polar surface area (TPSA) is 65.0 Å². The van der Waals surface area contributed by atoms with Crippen molar-refractivity contribution in [3.05, 3.63) is 140 Å². The Hall–Kier alpha value is -6.07. The Morgan fingerprint density at radius 1 is 0.341 bits per heavy atom. The van der Waals surface area contributed by atoms with Crippen LogP contribution in [0, 0.1) is 0 Å². The minimum atomic E-state index is 0.593. The molecule has 0 atom stereocenters. The molecule has 0 fully saturated rings. The van der Waals surface area contributed by atoms with Crippen molar-refractivity contribution in [2.24, 2.45) is 0 Å². The Kier molecular flexibility index (Phi) is 5.43. The van der Waals surface area contributed by atoms with Crippen LogP contribution in [0.4, 0.5) is 0 Å². The summed E-state index contributed by atoms with van der Waals surface area (Å²) in [5.41, 5.74) is 8.29. The van der Waals surface area contributed by atoms with Gasteiger partial charge in [0.15, 0.2) is 17.5 Å². The van der Waals surface area contributed by atoms with Crippen molar-refractivity contribution in [1.82, 2.24) is 15.0 Å². The molecule has 0 aliphatic carbocycles. The van der Waals surface area contributed by atoms with Crippen LogP contribution in [0.3, 0.4) is 0 Å². The molecule has 0 radical (unpaired) electrons. The highest BCUT2D eigenvalue weighted by Crippen LogP contribution is 2.42. The lowest BCUT2D eigenvalue weighted by Gasteiger charge is -2.08. The fraction of sp³-hybridized carbons (Fsp3) is 0. The van der Waals surface area contributed by atoms with Crippen molar-refractivity contribution in [2.45, 2.75) is 0 Å². The molecule has 44 heavy (non-hydrogen) atoms. The van der Waals surface area contributed by atoms with Gasteiger partial charge in [-0.2, -0.15) is 0 Å². The summed E-state index contributed by atoms with van der Waals surface area (Å²) in [5, 5.41) is 4.30. The van der Waals surface area contributed by atoms with E-state index in [1.54, 1.807) is 0 Å². The van der Waals surface area contributed by atoms with E-state index in [1.165, 1.54) is 0 Å². The van der Waals surface area contributed by atoms with Crippen molar-refractivity contribution >= 4 is 43.9 Å². The molecular formula is C39H23N3O2. The van der Waals surface area contributed by atoms with Crippen LogP contribution in [0.1, 0.15) is 0 Å². The van der Waals surface area contributed by atoms with E-state index >= 15 is 0 Å². The first-order valence-electron chi connectivity index (χ1n) is 14.5. The molecule has 9 rings (SSSR count). The van der Waals surface area contributed by atoms with Crippen molar-refractivity contribution in [1.29, 1.82) is 0 Å². The Balaban J connectivity index is 1.24. The van der Waals surface area contributed by atoms with E-state index in [0.29, 0.717) is 17.5 Å². The van der Waals surface area contributed by atoms with E-state index in [9.17, 15) is 0 Å². The lowest BCUT2D eigenvalue weighted by molar-refractivity contribution is 0.668. The molecule has 0 saturated heterocycles. The Morgan fingerprint density at radius 3 is 1.43 bits per heavy atom. The summed E-state index contributed by atoms with van der Waals surface area (Å²) in [6.07, 6.45) is 0. The van der Waals surface area contributed by atoms with Crippen LogP contribution in [0.25, 0.3) is 89.2 Å².